The number of nitrogens with one attached hydrogen (secondary N) is 1. The van der Waals surface area contributed by atoms with Crippen molar-refractivity contribution in [3.63, 3.8) is 0 Å². The molecule has 0 unspecified atom stereocenters. The minimum atomic E-state index is -0.114. The van der Waals surface area contributed by atoms with Crippen LogP contribution in [0.3, 0.4) is 0 Å². The van der Waals surface area contributed by atoms with E-state index >= 15 is 0 Å². The van der Waals surface area contributed by atoms with Gasteiger partial charge in [0.15, 0.2) is 0 Å². The normalized spacial score (nSPS) is 19.7. The van der Waals surface area contributed by atoms with Gasteiger partial charge in [-0.25, -0.2) is 0 Å². The minimum absolute atomic E-state index is 0.0865. The second-order valence-electron chi connectivity index (χ2n) is 5.93. The lowest BCUT2D eigenvalue weighted by molar-refractivity contribution is -0.126. The summed E-state index contributed by atoms with van der Waals surface area (Å²) in [5.74, 6) is 0.0865. The van der Waals surface area contributed by atoms with Crippen LogP contribution in [-0.2, 0) is 11.3 Å². The van der Waals surface area contributed by atoms with E-state index in [9.17, 15) is 4.79 Å². The number of thiophene rings is 1. The third-order valence-electron chi connectivity index (χ3n) is 4.42. The number of halogens is 1. The first kappa shape index (κ1) is 16.5. The van der Waals surface area contributed by atoms with E-state index in [-0.39, 0.29) is 11.9 Å². The number of hydrogen-bond donors (Lipinski definition) is 1. The Kier molecular flexibility index (Phi) is 5.36. The fourth-order valence-electron chi connectivity index (χ4n) is 3.13. The van der Waals surface area contributed by atoms with Crippen LogP contribution in [0.5, 0.6) is 0 Å². The third kappa shape index (κ3) is 3.94. The van der Waals surface area contributed by atoms with Gasteiger partial charge >= 0.3 is 0 Å². The molecular formula is C18H21ClN2OS. The van der Waals surface area contributed by atoms with Gasteiger partial charge in [0.2, 0.25) is 5.91 Å². The molecule has 0 bridgehead atoms. The Labute approximate surface area is 146 Å². The average molecular weight is 349 g/mol. The summed E-state index contributed by atoms with van der Waals surface area (Å²) in [6, 6.07) is 12.1. The van der Waals surface area contributed by atoms with Crippen LogP contribution in [0.4, 0.5) is 0 Å². The van der Waals surface area contributed by atoms with E-state index in [2.05, 4.69) is 27.7 Å². The molecule has 3 rings (SSSR count). The summed E-state index contributed by atoms with van der Waals surface area (Å²) in [5.41, 5.74) is 1.06. The van der Waals surface area contributed by atoms with Crippen molar-refractivity contribution in [2.24, 2.45) is 0 Å². The van der Waals surface area contributed by atoms with Gasteiger partial charge in [-0.2, -0.15) is 0 Å². The maximum atomic E-state index is 12.5. The maximum Gasteiger partial charge on any atom is 0.237 e. The summed E-state index contributed by atoms with van der Waals surface area (Å²) >= 11 is 7.66. The Hall–Kier alpha value is -1.36. The highest BCUT2D eigenvalue weighted by Gasteiger charge is 2.33. The van der Waals surface area contributed by atoms with E-state index in [1.165, 1.54) is 4.88 Å². The van der Waals surface area contributed by atoms with Gasteiger partial charge in [-0.3, -0.25) is 9.69 Å². The molecule has 1 amide bonds. The molecule has 0 radical (unpaired) electrons. The molecule has 1 saturated heterocycles. The van der Waals surface area contributed by atoms with Crippen molar-refractivity contribution in [1.29, 1.82) is 0 Å². The van der Waals surface area contributed by atoms with Crippen LogP contribution in [0.1, 0.15) is 36.2 Å². The van der Waals surface area contributed by atoms with Crippen molar-refractivity contribution in [2.75, 3.05) is 6.54 Å². The fraction of sp³-hybridized carbons (Fsp3) is 0.389. The Bertz CT molecular complexity index is 642. The van der Waals surface area contributed by atoms with Gasteiger partial charge in [-0.1, -0.05) is 29.8 Å². The molecule has 2 heterocycles. The molecule has 122 valence electrons. The third-order valence-corrected chi connectivity index (χ3v) is 5.65. The first-order valence-corrected chi connectivity index (χ1v) is 9.22. The molecule has 2 atom stereocenters. The SMILES string of the molecule is C[C@@H](C(=O)NCc1ccc(Cl)cc1)N1CCC[C@@H]1c1cccs1. The quantitative estimate of drug-likeness (QED) is 0.876. The standard InChI is InChI=1S/C18H21ClN2OS/c1-13(18(22)20-12-14-6-8-15(19)9-7-14)21-10-2-4-16(21)17-5-3-11-23-17/h3,5-9,11,13,16H,2,4,10,12H2,1H3,(H,20,22)/t13-,16+/m0/s1. The Morgan fingerprint density at radius 3 is 2.87 bits per heavy atom. The molecule has 1 aromatic carbocycles. The highest BCUT2D eigenvalue weighted by molar-refractivity contribution is 7.10. The predicted molar refractivity (Wildman–Crippen MR) is 95.8 cm³/mol. The van der Waals surface area contributed by atoms with Crippen LogP contribution >= 0.6 is 22.9 Å². The van der Waals surface area contributed by atoms with Crippen LogP contribution < -0.4 is 5.32 Å². The van der Waals surface area contributed by atoms with Gasteiger partial charge in [-0.05, 0) is 55.5 Å². The molecule has 1 fully saturated rings. The fourth-order valence-corrected chi connectivity index (χ4v) is 4.14. The first-order chi connectivity index (χ1) is 11.1. The lowest BCUT2D eigenvalue weighted by atomic mass is 10.1. The summed E-state index contributed by atoms with van der Waals surface area (Å²) in [7, 11) is 0. The summed E-state index contributed by atoms with van der Waals surface area (Å²) < 4.78 is 0. The molecule has 1 aromatic heterocycles. The monoisotopic (exact) mass is 348 g/mol. The topological polar surface area (TPSA) is 32.3 Å². The molecule has 1 N–H and O–H groups in total. The number of hydrogen-bond acceptors (Lipinski definition) is 3. The maximum absolute atomic E-state index is 12.5. The van der Waals surface area contributed by atoms with E-state index in [0.29, 0.717) is 17.6 Å². The minimum Gasteiger partial charge on any atom is -0.351 e. The van der Waals surface area contributed by atoms with Gasteiger partial charge < -0.3 is 5.32 Å². The molecule has 0 aliphatic carbocycles. The number of carbonyl (C=O) groups excluding carboxylic acids is 1. The van der Waals surface area contributed by atoms with Gasteiger partial charge in [-0.15, -0.1) is 11.3 Å². The highest BCUT2D eigenvalue weighted by atomic mass is 35.5. The molecule has 0 saturated carbocycles. The summed E-state index contributed by atoms with van der Waals surface area (Å²) in [6.45, 7) is 3.53. The largest absolute Gasteiger partial charge is 0.351 e. The van der Waals surface area contributed by atoms with Gasteiger partial charge in [0.25, 0.3) is 0 Å². The molecule has 23 heavy (non-hydrogen) atoms. The smallest absolute Gasteiger partial charge is 0.237 e. The van der Waals surface area contributed by atoms with Crippen LogP contribution in [0.15, 0.2) is 41.8 Å². The summed E-state index contributed by atoms with van der Waals surface area (Å²) in [6.07, 6.45) is 2.28. The number of carbonyl (C=O) groups is 1. The van der Waals surface area contributed by atoms with E-state index in [0.717, 1.165) is 24.9 Å². The molecule has 0 spiro atoms. The molecule has 1 aliphatic rings. The molecule has 1 aliphatic heterocycles. The number of likely N-dealkylation sites (tertiary alicyclic amines) is 1. The van der Waals surface area contributed by atoms with Crippen molar-refractivity contribution in [1.82, 2.24) is 10.2 Å². The number of rotatable bonds is 5. The lowest BCUT2D eigenvalue weighted by Crippen LogP contribution is -2.44. The van der Waals surface area contributed by atoms with E-state index in [4.69, 9.17) is 11.6 Å². The van der Waals surface area contributed by atoms with Crippen molar-refractivity contribution in [3.8, 4) is 0 Å². The van der Waals surface area contributed by atoms with Gasteiger partial charge in [0.05, 0.1) is 6.04 Å². The second-order valence-corrected chi connectivity index (χ2v) is 7.35. The molecular weight excluding hydrogens is 328 g/mol. The first-order valence-electron chi connectivity index (χ1n) is 7.96. The van der Waals surface area contributed by atoms with Crippen molar-refractivity contribution in [3.05, 3.63) is 57.2 Å². The van der Waals surface area contributed by atoms with E-state index < -0.39 is 0 Å². The number of amides is 1. The zero-order valence-corrected chi connectivity index (χ0v) is 14.7. The van der Waals surface area contributed by atoms with Crippen LogP contribution in [-0.4, -0.2) is 23.4 Å². The zero-order chi connectivity index (χ0) is 16.2. The molecule has 2 aromatic rings. The average Bonchev–Trinajstić information content (AvgIpc) is 3.23. The molecule has 3 nitrogen and oxygen atoms in total. The zero-order valence-electron chi connectivity index (χ0n) is 13.2. The summed E-state index contributed by atoms with van der Waals surface area (Å²) in [4.78, 5) is 16.2. The van der Waals surface area contributed by atoms with Crippen LogP contribution in [0.2, 0.25) is 5.02 Å². The van der Waals surface area contributed by atoms with Crippen LogP contribution in [0, 0.1) is 0 Å². The van der Waals surface area contributed by atoms with Crippen molar-refractivity contribution >= 4 is 28.8 Å². The van der Waals surface area contributed by atoms with Crippen molar-refractivity contribution in [2.45, 2.75) is 38.4 Å². The van der Waals surface area contributed by atoms with Gasteiger partial charge in [0, 0.05) is 22.5 Å². The van der Waals surface area contributed by atoms with E-state index in [1.807, 2.05) is 31.2 Å². The number of nitrogens with zero attached hydrogens (tertiary/aromatic N) is 1. The Morgan fingerprint density at radius 1 is 1.39 bits per heavy atom. The van der Waals surface area contributed by atoms with E-state index in [1.54, 1.807) is 11.3 Å². The molecule has 5 heteroatoms. The second kappa shape index (κ2) is 7.47. The Morgan fingerprint density at radius 2 is 2.17 bits per heavy atom. The Balaban J connectivity index is 1.59. The van der Waals surface area contributed by atoms with Crippen LogP contribution in [0.25, 0.3) is 0 Å². The lowest BCUT2D eigenvalue weighted by Gasteiger charge is -2.29. The predicted octanol–water partition coefficient (Wildman–Crippen LogP) is 4.24. The number of benzene rings is 1. The van der Waals surface area contributed by atoms with Gasteiger partial charge in [0.1, 0.15) is 0 Å². The summed E-state index contributed by atoms with van der Waals surface area (Å²) in [5, 5.41) is 5.86. The highest BCUT2D eigenvalue weighted by Crippen LogP contribution is 2.35. The van der Waals surface area contributed by atoms with Crippen molar-refractivity contribution < 1.29 is 4.79 Å².